The van der Waals surface area contributed by atoms with E-state index < -0.39 is 27.0 Å². The number of rotatable bonds is 10. The fraction of sp³-hybridized carbons (Fsp3) is 0.393. The Morgan fingerprint density at radius 3 is 2.40 bits per heavy atom. The van der Waals surface area contributed by atoms with Gasteiger partial charge in [0.05, 0.1) is 27.9 Å². The summed E-state index contributed by atoms with van der Waals surface area (Å²) < 4.78 is 35.1. The SMILES string of the molecule is Cc1cc(COc2ccc(S(=O)(=O)NC3(CC(=O)NO)CN(C(=O)C(C)(C)N(C)C)C3)cc2)c2ccccc2n1. The topological polar surface area (TPSA) is 141 Å². The molecule has 1 fully saturated rings. The van der Waals surface area contributed by atoms with Crippen LogP contribution >= 0.6 is 0 Å². The first-order valence-corrected chi connectivity index (χ1v) is 14.3. The van der Waals surface area contributed by atoms with Crippen LogP contribution in [-0.2, 0) is 26.2 Å². The van der Waals surface area contributed by atoms with Crippen molar-refractivity contribution < 1.29 is 28.0 Å². The number of fused-ring (bicyclic) bond motifs is 1. The molecule has 0 atom stereocenters. The van der Waals surface area contributed by atoms with E-state index in [0.717, 1.165) is 22.2 Å². The average molecular weight is 570 g/mol. The van der Waals surface area contributed by atoms with Gasteiger partial charge in [-0.2, -0.15) is 0 Å². The lowest BCUT2D eigenvalue weighted by Gasteiger charge is -2.52. The largest absolute Gasteiger partial charge is 0.489 e. The average Bonchev–Trinajstić information content (AvgIpc) is 2.89. The van der Waals surface area contributed by atoms with E-state index in [1.807, 2.05) is 37.3 Å². The lowest BCUT2D eigenvalue weighted by molar-refractivity contribution is -0.152. The monoisotopic (exact) mass is 569 g/mol. The van der Waals surface area contributed by atoms with Crippen LogP contribution in [0.1, 0.15) is 31.5 Å². The number of hydrogen-bond acceptors (Lipinski definition) is 8. The number of sulfonamides is 1. The zero-order chi connectivity index (χ0) is 29.3. The summed E-state index contributed by atoms with van der Waals surface area (Å²) in [4.78, 5) is 32.8. The molecule has 0 unspecified atom stereocenters. The molecular formula is C28H35N5O6S. The van der Waals surface area contributed by atoms with Crippen molar-refractivity contribution in [3.05, 3.63) is 65.9 Å². The van der Waals surface area contributed by atoms with Crippen molar-refractivity contribution in [2.24, 2.45) is 0 Å². The summed E-state index contributed by atoms with van der Waals surface area (Å²) in [6.07, 6.45) is -0.338. The molecule has 11 nitrogen and oxygen atoms in total. The smallest absolute Gasteiger partial charge is 0.245 e. The van der Waals surface area contributed by atoms with Gasteiger partial charge >= 0.3 is 0 Å². The molecule has 2 heterocycles. The van der Waals surface area contributed by atoms with Crippen LogP contribution in [0.25, 0.3) is 10.9 Å². The van der Waals surface area contributed by atoms with E-state index >= 15 is 0 Å². The molecule has 2 aromatic carbocycles. The second kappa shape index (κ2) is 11.1. The zero-order valence-corrected chi connectivity index (χ0v) is 24.1. The Morgan fingerprint density at radius 2 is 1.77 bits per heavy atom. The minimum Gasteiger partial charge on any atom is -0.489 e. The Bertz CT molecular complexity index is 1520. The maximum absolute atomic E-state index is 13.3. The number of hydrogen-bond donors (Lipinski definition) is 3. The van der Waals surface area contributed by atoms with E-state index in [-0.39, 0.29) is 36.9 Å². The van der Waals surface area contributed by atoms with Gasteiger partial charge in [-0.05, 0) is 71.3 Å². The van der Waals surface area contributed by atoms with E-state index in [1.165, 1.54) is 17.0 Å². The number of para-hydroxylation sites is 1. The lowest BCUT2D eigenvalue weighted by atomic mass is 9.85. The normalized spacial score (nSPS) is 15.1. The summed E-state index contributed by atoms with van der Waals surface area (Å²) in [5.74, 6) is -0.474. The molecule has 0 spiro atoms. The van der Waals surface area contributed by atoms with Crippen molar-refractivity contribution in [2.45, 2.75) is 49.8 Å². The van der Waals surface area contributed by atoms with Gasteiger partial charge in [0.15, 0.2) is 0 Å². The van der Waals surface area contributed by atoms with Gasteiger partial charge in [0.2, 0.25) is 21.8 Å². The van der Waals surface area contributed by atoms with Crippen molar-refractivity contribution >= 4 is 32.7 Å². The first-order chi connectivity index (χ1) is 18.8. The molecule has 12 heteroatoms. The standard InChI is InChI=1S/C28H35N5O6S/c1-19-14-20(23-8-6-7-9-24(23)29-19)16-39-21-10-12-22(13-11-21)40(37,38)31-28(15-25(34)30-36)17-33(18-28)26(35)27(2,3)32(4)5/h6-14,31,36H,15-18H2,1-5H3,(H,30,34). The summed E-state index contributed by atoms with van der Waals surface area (Å²) in [7, 11) is -0.519. The van der Waals surface area contributed by atoms with Gasteiger partial charge in [-0.25, -0.2) is 18.6 Å². The third kappa shape index (κ3) is 6.09. The number of nitrogens with one attached hydrogen (secondary N) is 2. The van der Waals surface area contributed by atoms with E-state index in [0.29, 0.717) is 5.75 Å². The molecule has 0 bridgehead atoms. The van der Waals surface area contributed by atoms with Crippen molar-refractivity contribution in [3.63, 3.8) is 0 Å². The summed E-state index contributed by atoms with van der Waals surface area (Å²) in [6, 6.07) is 15.7. The lowest BCUT2D eigenvalue weighted by Crippen LogP contribution is -2.74. The maximum Gasteiger partial charge on any atom is 0.245 e. The summed E-state index contributed by atoms with van der Waals surface area (Å²) in [6.45, 7) is 5.69. The molecule has 3 aromatic rings. The highest BCUT2D eigenvalue weighted by atomic mass is 32.2. The van der Waals surface area contributed by atoms with Crippen LogP contribution in [0.5, 0.6) is 5.75 Å². The molecule has 0 saturated carbocycles. The van der Waals surface area contributed by atoms with Crippen molar-refractivity contribution in [3.8, 4) is 5.75 Å². The molecule has 1 aliphatic rings. The van der Waals surface area contributed by atoms with E-state index in [2.05, 4.69) is 9.71 Å². The number of aromatic nitrogens is 1. The third-order valence-corrected chi connectivity index (χ3v) is 8.94. The van der Waals surface area contributed by atoms with Crippen LogP contribution < -0.4 is 14.9 Å². The molecular weight excluding hydrogens is 534 g/mol. The molecule has 40 heavy (non-hydrogen) atoms. The van der Waals surface area contributed by atoms with E-state index in [1.54, 1.807) is 50.5 Å². The number of ether oxygens (including phenoxy) is 1. The zero-order valence-electron chi connectivity index (χ0n) is 23.3. The third-order valence-electron chi connectivity index (χ3n) is 7.35. The Kier molecular flexibility index (Phi) is 8.18. The molecule has 1 aromatic heterocycles. The number of likely N-dealkylation sites (tertiary alicyclic amines) is 1. The molecule has 1 saturated heterocycles. The molecule has 214 valence electrons. The number of amides is 2. The molecule has 4 rings (SSSR count). The first kappa shape index (κ1) is 29.4. The number of pyridine rings is 1. The number of likely N-dealkylation sites (N-methyl/N-ethyl adjacent to an activating group) is 1. The summed E-state index contributed by atoms with van der Waals surface area (Å²) in [5, 5.41) is 10.0. The number of nitrogens with zero attached hydrogens (tertiary/aromatic N) is 3. The molecule has 3 N–H and O–H groups in total. The minimum absolute atomic E-state index is 0.0176. The van der Waals surface area contributed by atoms with Crippen LogP contribution in [0.2, 0.25) is 0 Å². The van der Waals surface area contributed by atoms with Gasteiger partial charge in [0.1, 0.15) is 12.4 Å². The van der Waals surface area contributed by atoms with Crippen LogP contribution in [0.4, 0.5) is 0 Å². The molecule has 0 aliphatic carbocycles. The molecule has 1 aliphatic heterocycles. The number of aryl methyl sites for hydroxylation is 1. The van der Waals surface area contributed by atoms with E-state index in [4.69, 9.17) is 9.94 Å². The molecule has 2 amide bonds. The Morgan fingerprint density at radius 1 is 1.12 bits per heavy atom. The Labute approximate surface area is 234 Å². The van der Waals surface area contributed by atoms with Crippen LogP contribution in [0, 0.1) is 6.92 Å². The highest BCUT2D eigenvalue weighted by Gasteiger charge is 2.51. The van der Waals surface area contributed by atoms with Gasteiger partial charge in [-0.3, -0.25) is 24.7 Å². The van der Waals surface area contributed by atoms with Gasteiger partial charge in [-0.15, -0.1) is 0 Å². The summed E-state index contributed by atoms with van der Waals surface area (Å²) >= 11 is 0. The molecule has 0 radical (unpaired) electrons. The number of hydroxylamine groups is 1. The highest BCUT2D eigenvalue weighted by Crippen LogP contribution is 2.31. The van der Waals surface area contributed by atoms with Crippen molar-refractivity contribution in [2.75, 3.05) is 27.2 Å². The van der Waals surface area contributed by atoms with Gasteiger partial charge in [0, 0.05) is 29.7 Å². The van der Waals surface area contributed by atoms with Crippen LogP contribution in [0.15, 0.2) is 59.5 Å². The number of carbonyl (C=O) groups excluding carboxylic acids is 2. The fourth-order valence-electron chi connectivity index (χ4n) is 4.70. The van der Waals surface area contributed by atoms with Gasteiger partial charge < -0.3 is 9.64 Å². The first-order valence-electron chi connectivity index (χ1n) is 12.8. The predicted molar refractivity (Wildman–Crippen MR) is 149 cm³/mol. The predicted octanol–water partition coefficient (Wildman–Crippen LogP) is 2.22. The van der Waals surface area contributed by atoms with Crippen molar-refractivity contribution in [1.82, 2.24) is 25.0 Å². The summed E-state index contributed by atoms with van der Waals surface area (Å²) in [5.41, 5.74) is 2.18. The van der Waals surface area contributed by atoms with Crippen molar-refractivity contribution in [1.29, 1.82) is 0 Å². The number of benzene rings is 2. The second-order valence-corrected chi connectivity index (χ2v) is 12.6. The minimum atomic E-state index is -4.08. The van der Waals surface area contributed by atoms with Crippen LogP contribution in [-0.4, -0.2) is 78.5 Å². The fourth-order valence-corrected chi connectivity index (χ4v) is 6.08. The second-order valence-electron chi connectivity index (χ2n) is 10.9. The Hall–Kier alpha value is -3.58. The quantitative estimate of drug-likeness (QED) is 0.249. The van der Waals surface area contributed by atoms with E-state index in [9.17, 15) is 18.0 Å². The van der Waals surface area contributed by atoms with Crippen LogP contribution in [0.3, 0.4) is 0 Å². The van der Waals surface area contributed by atoms with Gasteiger partial charge in [-0.1, -0.05) is 18.2 Å². The van der Waals surface area contributed by atoms with Gasteiger partial charge in [0.25, 0.3) is 0 Å². The maximum atomic E-state index is 13.3. The highest BCUT2D eigenvalue weighted by molar-refractivity contribution is 7.89. The Balaban J connectivity index is 1.47. The number of carbonyl (C=O) groups is 2.